The molecule has 9 aromatic rings. The first-order valence-electron chi connectivity index (χ1n) is 17.0. The minimum absolute atomic E-state index is 0.770. The molecule has 0 heterocycles. The van der Waals surface area contributed by atoms with E-state index >= 15 is 0 Å². The van der Waals surface area contributed by atoms with Crippen molar-refractivity contribution < 1.29 is 0 Å². The van der Waals surface area contributed by atoms with Crippen molar-refractivity contribution in [2.75, 3.05) is 11.5 Å². The molecule has 236 valence electrons. The van der Waals surface area contributed by atoms with Crippen LogP contribution in [0.1, 0.15) is 0 Å². The smallest absolute Gasteiger partial charge is 0.0480 e. The van der Waals surface area contributed by atoms with Crippen LogP contribution in [0, 0.1) is 0 Å². The summed E-state index contributed by atoms with van der Waals surface area (Å²) in [6, 6.07) is 64.3. The van der Waals surface area contributed by atoms with Crippen molar-refractivity contribution >= 4 is 43.7 Å². The van der Waals surface area contributed by atoms with Crippen LogP contribution in [-0.4, -0.2) is 0 Å². The fourth-order valence-electron chi connectivity index (χ4n) is 7.85. The normalized spacial score (nSPS) is 11.4. The molecule has 0 spiro atoms. The van der Waals surface area contributed by atoms with Gasteiger partial charge in [-0.25, -0.2) is 0 Å². The number of hydrogen-bond donors (Lipinski definition) is 2. The van der Waals surface area contributed by atoms with E-state index in [0.29, 0.717) is 0 Å². The number of fused-ring (bicyclic) bond motifs is 3. The first-order chi connectivity index (χ1) is 24.7. The molecular weight excluding hydrogens is 605 g/mol. The number of anilines is 2. The molecule has 0 saturated heterocycles. The van der Waals surface area contributed by atoms with Gasteiger partial charge in [0.05, 0.1) is 0 Å². The zero-order valence-corrected chi connectivity index (χ0v) is 27.5. The molecular formula is C48H34N2. The predicted molar refractivity (Wildman–Crippen MR) is 215 cm³/mol. The third kappa shape index (κ3) is 4.65. The fourth-order valence-corrected chi connectivity index (χ4v) is 7.85. The van der Waals surface area contributed by atoms with Crippen LogP contribution in [-0.2, 0) is 0 Å². The lowest BCUT2D eigenvalue weighted by atomic mass is 9.77. The first kappa shape index (κ1) is 29.5. The maximum atomic E-state index is 7.29. The Morgan fingerprint density at radius 3 is 1.18 bits per heavy atom. The van der Waals surface area contributed by atoms with Gasteiger partial charge in [-0.1, -0.05) is 182 Å². The molecule has 0 radical (unpaired) electrons. The molecule has 0 saturated carbocycles. The Morgan fingerprint density at radius 1 is 0.240 bits per heavy atom. The molecule has 9 rings (SSSR count). The van der Waals surface area contributed by atoms with Crippen LogP contribution in [0.25, 0.3) is 88.0 Å². The lowest BCUT2D eigenvalue weighted by Gasteiger charge is -2.26. The highest BCUT2D eigenvalue weighted by atomic mass is 14.6. The molecule has 4 N–H and O–H groups in total. The quantitative estimate of drug-likeness (QED) is 0.146. The monoisotopic (exact) mass is 638 g/mol. The molecule has 2 heteroatoms. The second-order valence-electron chi connectivity index (χ2n) is 12.8. The zero-order chi connectivity index (χ0) is 33.6. The Balaban J connectivity index is 1.61. The summed E-state index contributed by atoms with van der Waals surface area (Å²) in [4.78, 5) is 0. The Bertz CT molecular complexity index is 2680. The van der Waals surface area contributed by atoms with Crippen LogP contribution in [0.4, 0.5) is 11.4 Å². The van der Waals surface area contributed by atoms with Gasteiger partial charge in [-0.2, -0.15) is 0 Å². The van der Waals surface area contributed by atoms with Crippen molar-refractivity contribution in [3.8, 4) is 55.6 Å². The molecule has 0 bridgehead atoms. The predicted octanol–water partition coefficient (Wildman–Crippen LogP) is 12.6. The second-order valence-corrected chi connectivity index (χ2v) is 12.8. The van der Waals surface area contributed by atoms with E-state index in [0.717, 1.165) is 99.3 Å². The average molecular weight is 639 g/mol. The van der Waals surface area contributed by atoms with E-state index in [9.17, 15) is 0 Å². The summed E-state index contributed by atoms with van der Waals surface area (Å²) in [6.45, 7) is 0. The van der Waals surface area contributed by atoms with Crippen molar-refractivity contribution in [1.82, 2.24) is 0 Å². The Labute approximate surface area is 291 Å². The minimum atomic E-state index is 0.770. The molecule has 0 aromatic heterocycles. The van der Waals surface area contributed by atoms with E-state index in [4.69, 9.17) is 11.5 Å². The number of benzene rings is 9. The summed E-state index contributed by atoms with van der Waals surface area (Å²) in [6.07, 6.45) is 0. The van der Waals surface area contributed by atoms with Crippen molar-refractivity contribution in [3.05, 3.63) is 182 Å². The lowest BCUT2D eigenvalue weighted by molar-refractivity contribution is 1.59. The van der Waals surface area contributed by atoms with E-state index < -0.39 is 0 Å². The van der Waals surface area contributed by atoms with Crippen molar-refractivity contribution in [2.45, 2.75) is 0 Å². The van der Waals surface area contributed by atoms with Crippen LogP contribution in [0.3, 0.4) is 0 Å². The number of nitrogens with two attached hydrogens (primary N) is 2. The molecule has 0 fully saturated rings. The van der Waals surface area contributed by atoms with Gasteiger partial charge in [0.15, 0.2) is 0 Å². The Morgan fingerprint density at radius 2 is 0.640 bits per heavy atom. The summed E-state index contributed by atoms with van der Waals surface area (Å²) < 4.78 is 0. The second kappa shape index (κ2) is 12.1. The number of rotatable bonds is 5. The first-order valence-corrected chi connectivity index (χ1v) is 17.0. The zero-order valence-electron chi connectivity index (χ0n) is 27.5. The van der Waals surface area contributed by atoms with E-state index in [1.54, 1.807) is 0 Å². The minimum Gasteiger partial charge on any atom is -0.398 e. The van der Waals surface area contributed by atoms with E-state index in [1.165, 1.54) is 0 Å². The fraction of sp³-hybridized carbons (Fsp3) is 0. The van der Waals surface area contributed by atoms with Gasteiger partial charge >= 0.3 is 0 Å². The van der Waals surface area contributed by atoms with Gasteiger partial charge in [0.2, 0.25) is 0 Å². The number of hydrogen-bond acceptors (Lipinski definition) is 2. The highest BCUT2D eigenvalue weighted by Gasteiger charge is 2.27. The summed E-state index contributed by atoms with van der Waals surface area (Å²) in [5.74, 6) is 0. The van der Waals surface area contributed by atoms with E-state index in [-0.39, 0.29) is 0 Å². The molecule has 0 aliphatic rings. The molecule has 0 unspecified atom stereocenters. The van der Waals surface area contributed by atoms with Gasteiger partial charge in [0.25, 0.3) is 0 Å². The van der Waals surface area contributed by atoms with Gasteiger partial charge in [-0.05, 0) is 55.3 Å². The maximum absolute atomic E-state index is 7.29. The van der Waals surface area contributed by atoms with Crippen molar-refractivity contribution in [2.24, 2.45) is 0 Å². The van der Waals surface area contributed by atoms with Gasteiger partial charge in [-0.15, -0.1) is 0 Å². The third-order valence-electron chi connectivity index (χ3n) is 10.0. The largest absolute Gasteiger partial charge is 0.398 e. The van der Waals surface area contributed by atoms with Crippen LogP contribution in [0.15, 0.2) is 182 Å². The van der Waals surface area contributed by atoms with Gasteiger partial charge in [0.1, 0.15) is 0 Å². The van der Waals surface area contributed by atoms with Crippen LogP contribution in [0.2, 0.25) is 0 Å². The molecule has 0 amide bonds. The van der Waals surface area contributed by atoms with Crippen molar-refractivity contribution in [3.63, 3.8) is 0 Å². The standard InChI is InChI=1S/C48H34N2/c49-47-38-27-15-13-25-36(38)45(46-40(47)30-29-35(31-17-5-1-6-18-31)41(46)32-19-7-2-8-20-32)44-37-26-14-16-28-39(37)48(50)43(34-23-11-4-12-24-34)42(44)33-21-9-3-10-22-33/h1-30H,49-50H2. The topological polar surface area (TPSA) is 52.0 Å². The van der Waals surface area contributed by atoms with Gasteiger partial charge in [0, 0.05) is 44.0 Å². The number of nitrogen functional groups attached to an aromatic ring is 2. The lowest BCUT2D eigenvalue weighted by Crippen LogP contribution is -2.02. The highest BCUT2D eigenvalue weighted by molar-refractivity contribution is 6.30. The third-order valence-corrected chi connectivity index (χ3v) is 10.0. The summed E-state index contributed by atoms with van der Waals surface area (Å²) in [7, 11) is 0. The molecule has 0 aliphatic carbocycles. The maximum Gasteiger partial charge on any atom is 0.0480 e. The van der Waals surface area contributed by atoms with E-state index in [1.807, 2.05) is 0 Å². The van der Waals surface area contributed by atoms with Gasteiger partial charge in [-0.3, -0.25) is 0 Å². The summed E-state index contributed by atoms with van der Waals surface area (Å²) >= 11 is 0. The summed E-state index contributed by atoms with van der Waals surface area (Å²) in [5, 5.41) is 6.41. The highest BCUT2D eigenvalue weighted by Crippen LogP contribution is 2.55. The molecule has 9 aromatic carbocycles. The van der Waals surface area contributed by atoms with E-state index in [2.05, 4.69) is 182 Å². The SMILES string of the molecule is Nc1c(-c2ccccc2)c(-c2ccccc2)c(-c2c3ccccc3c(N)c3ccc(-c4ccccc4)c(-c4ccccc4)c23)c2ccccc12. The Kier molecular flexibility index (Phi) is 7.14. The molecule has 2 nitrogen and oxygen atoms in total. The summed E-state index contributed by atoms with van der Waals surface area (Å²) in [5.41, 5.74) is 27.3. The van der Waals surface area contributed by atoms with Crippen LogP contribution < -0.4 is 11.5 Å². The Hall–Kier alpha value is -6.64. The van der Waals surface area contributed by atoms with Gasteiger partial charge < -0.3 is 11.5 Å². The van der Waals surface area contributed by atoms with Crippen LogP contribution in [0.5, 0.6) is 0 Å². The molecule has 0 aliphatic heterocycles. The average Bonchev–Trinajstić information content (AvgIpc) is 3.19. The van der Waals surface area contributed by atoms with Crippen LogP contribution >= 0.6 is 0 Å². The van der Waals surface area contributed by atoms with Crippen molar-refractivity contribution in [1.29, 1.82) is 0 Å². The molecule has 0 atom stereocenters. The molecule has 50 heavy (non-hydrogen) atoms.